The van der Waals surface area contributed by atoms with Crippen LogP contribution in [-0.2, 0) is 4.74 Å². The van der Waals surface area contributed by atoms with Crippen molar-refractivity contribution in [3.05, 3.63) is 11.1 Å². The standard InChI is InChI=1S/C4H4N2OS.C3H8O/c5-4-6-3(1-7)2-8-4;1-3-4-2/h1-2H,(H2,5,6);3H2,1-2H3. The van der Waals surface area contributed by atoms with Gasteiger partial charge in [0.05, 0.1) is 0 Å². The SMILES string of the molecule is CCOC.Nc1nc(C=O)cs1. The summed E-state index contributed by atoms with van der Waals surface area (Å²) in [5, 5.41) is 2.05. The number of rotatable bonds is 2. The van der Waals surface area contributed by atoms with Crippen molar-refractivity contribution in [1.29, 1.82) is 0 Å². The van der Waals surface area contributed by atoms with E-state index in [0.29, 0.717) is 17.1 Å². The predicted octanol–water partition coefficient (Wildman–Crippen LogP) is 1.19. The average molecular weight is 188 g/mol. The van der Waals surface area contributed by atoms with Gasteiger partial charge in [0, 0.05) is 19.1 Å². The highest BCUT2D eigenvalue weighted by molar-refractivity contribution is 7.13. The van der Waals surface area contributed by atoms with Crippen molar-refractivity contribution in [1.82, 2.24) is 4.98 Å². The number of aromatic nitrogens is 1. The minimum Gasteiger partial charge on any atom is -0.385 e. The fourth-order valence-electron chi connectivity index (χ4n) is 0.355. The fraction of sp³-hybridized carbons (Fsp3) is 0.429. The van der Waals surface area contributed by atoms with Crippen molar-refractivity contribution in [2.24, 2.45) is 0 Å². The van der Waals surface area contributed by atoms with E-state index in [9.17, 15) is 4.79 Å². The van der Waals surface area contributed by atoms with Crippen LogP contribution in [0.15, 0.2) is 5.38 Å². The van der Waals surface area contributed by atoms with Crippen LogP contribution in [0.25, 0.3) is 0 Å². The molecule has 0 aliphatic rings. The van der Waals surface area contributed by atoms with E-state index >= 15 is 0 Å². The van der Waals surface area contributed by atoms with Gasteiger partial charge in [-0.15, -0.1) is 11.3 Å². The van der Waals surface area contributed by atoms with Crippen molar-refractivity contribution in [3.8, 4) is 0 Å². The minimum atomic E-state index is 0.410. The number of carbonyl (C=O) groups is 1. The first-order chi connectivity index (χ1) is 5.74. The molecule has 0 bridgehead atoms. The third kappa shape index (κ3) is 4.81. The summed E-state index contributed by atoms with van der Waals surface area (Å²) in [7, 11) is 1.68. The largest absolute Gasteiger partial charge is 0.385 e. The smallest absolute Gasteiger partial charge is 0.180 e. The Balaban J connectivity index is 0.000000261. The molecule has 1 aromatic rings. The van der Waals surface area contributed by atoms with Gasteiger partial charge in [-0.25, -0.2) is 4.98 Å². The molecule has 12 heavy (non-hydrogen) atoms. The molecule has 0 aliphatic carbocycles. The number of anilines is 1. The van der Waals surface area contributed by atoms with Crippen LogP contribution < -0.4 is 5.73 Å². The topological polar surface area (TPSA) is 65.2 Å². The molecule has 0 amide bonds. The van der Waals surface area contributed by atoms with Gasteiger partial charge in [-0.3, -0.25) is 4.79 Å². The molecule has 1 heterocycles. The maximum Gasteiger partial charge on any atom is 0.180 e. The van der Waals surface area contributed by atoms with E-state index in [4.69, 9.17) is 5.73 Å². The fourth-order valence-corrected chi connectivity index (χ4v) is 0.863. The van der Waals surface area contributed by atoms with Crippen LogP contribution >= 0.6 is 11.3 Å². The first-order valence-electron chi connectivity index (χ1n) is 3.39. The third-order valence-corrected chi connectivity index (χ3v) is 1.64. The Labute approximate surface area is 75.4 Å². The quantitative estimate of drug-likeness (QED) is 0.708. The van der Waals surface area contributed by atoms with Gasteiger partial charge in [-0.05, 0) is 6.92 Å². The van der Waals surface area contributed by atoms with Gasteiger partial charge in [0.25, 0.3) is 0 Å². The molecular formula is C7H12N2O2S. The zero-order valence-electron chi connectivity index (χ0n) is 7.11. The van der Waals surface area contributed by atoms with Gasteiger partial charge < -0.3 is 10.5 Å². The molecule has 5 heteroatoms. The molecule has 68 valence electrons. The summed E-state index contributed by atoms with van der Waals surface area (Å²) in [6, 6.07) is 0. The number of nitrogens with zero attached hydrogens (tertiary/aromatic N) is 1. The van der Waals surface area contributed by atoms with Crippen LogP contribution in [-0.4, -0.2) is 25.0 Å². The molecule has 0 unspecified atom stereocenters. The second-order valence-electron chi connectivity index (χ2n) is 1.81. The number of aldehydes is 1. The van der Waals surface area contributed by atoms with Gasteiger partial charge in [0.1, 0.15) is 5.69 Å². The number of hydrogen-bond acceptors (Lipinski definition) is 5. The van der Waals surface area contributed by atoms with E-state index in [1.807, 2.05) is 6.92 Å². The Morgan fingerprint density at radius 2 is 2.42 bits per heavy atom. The van der Waals surface area contributed by atoms with Gasteiger partial charge in [-0.2, -0.15) is 0 Å². The van der Waals surface area contributed by atoms with Gasteiger partial charge in [-0.1, -0.05) is 0 Å². The van der Waals surface area contributed by atoms with E-state index in [2.05, 4.69) is 9.72 Å². The van der Waals surface area contributed by atoms with E-state index in [-0.39, 0.29) is 0 Å². The lowest BCUT2D eigenvalue weighted by Crippen LogP contribution is -1.83. The van der Waals surface area contributed by atoms with Crippen molar-refractivity contribution in [2.75, 3.05) is 19.5 Å². The van der Waals surface area contributed by atoms with Crippen molar-refractivity contribution >= 4 is 22.8 Å². The van der Waals surface area contributed by atoms with Crippen LogP contribution in [0.4, 0.5) is 5.13 Å². The summed E-state index contributed by atoms with van der Waals surface area (Å²) >= 11 is 1.26. The van der Waals surface area contributed by atoms with Crippen LogP contribution in [0.1, 0.15) is 17.4 Å². The number of nitrogen functional groups attached to an aromatic ring is 1. The van der Waals surface area contributed by atoms with Crippen molar-refractivity contribution < 1.29 is 9.53 Å². The van der Waals surface area contributed by atoms with Gasteiger partial charge in [0.15, 0.2) is 11.4 Å². The number of methoxy groups -OCH3 is 1. The second-order valence-corrected chi connectivity index (χ2v) is 2.70. The monoisotopic (exact) mass is 188 g/mol. The Bertz CT molecular complexity index is 223. The maximum atomic E-state index is 9.91. The number of thiazole rings is 1. The summed E-state index contributed by atoms with van der Waals surface area (Å²) in [4.78, 5) is 13.6. The normalized spacial score (nSPS) is 8.50. The Morgan fingerprint density at radius 1 is 1.83 bits per heavy atom. The highest BCUT2D eigenvalue weighted by Gasteiger charge is 1.92. The summed E-state index contributed by atoms with van der Waals surface area (Å²) in [6.07, 6.45) is 0.673. The molecule has 1 rings (SSSR count). The molecule has 0 spiro atoms. The molecule has 2 N–H and O–H groups in total. The van der Waals surface area contributed by atoms with Crippen LogP contribution in [0.2, 0.25) is 0 Å². The minimum absolute atomic E-state index is 0.410. The molecule has 0 saturated heterocycles. The van der Waals surface area contributed by atoms with E-state index < -0.39 is 0 Å². The highest BCUT2D eigenvalue weighted by Crippen LogP contribution is 2.07. The summed E-state index contributed by atoms with van der Waals surface area (Å²) in [5.41, 5.74) is 5.61. The molecule has 0 aromatic carbocycles. The molecule has 0 fully saturated rings. The second kappa shape index (κ2) is 6.75. The third-order valence-electron chi connectivity index (χ3n) is 0.949. The summed E-state index contributed by atoms with van der Waals surface area (Å²) < 4.78 is 4.54. The predicted molar refractivity (Wildman–Crippen MR) is 49.5 cm³/mol. The summed E-state index contributed by atoms with van der Waals surface area (Å²) in [5.74, 6) is 0. The average Bonchev–Trinajstić information content (AvgIpc) is 2.52. The van der Waals surface area contributed by atoms with Gasteiger partial charge in [0.2, 0.25) is 0 Å². The molecule has 0 atom stereocenters. The first kappa shape index (κ1) is 11.1. The van der Waals surface area contributed by atoms with Crippen LogP contribution in [0.3, 0.4) is 0 Å². The Morgan fingerprint density at radius 3 is 2.58 bits per heavy atom. The van der Waals surface area contributed by atoms with Crippen molar-refractivity contribution in [2.45, 2.75) is 6.92 Å². The zero-order valence-corrected chi connectivity index (χ0v) is 7.93. The molecule has 4 nitrogen and oxygen atoms in total. The number of nitrogens with two attached hydrogens (primary N) is 1. The van der Waals surface area contributed by atoms with E-state index in [1.165, 1.54) is 11.3 Å². The highest BCUT2D eigenvalue weighted by atomic mass is 32.1. The lowest BCUT2D eigenvalue weighted by Gasteiger charge is -1.76. The Kier molecular flexibility index (Phi) is 6.22. The Hall–Kier alpha value is -0.940. The molecular weight excluding hydrogens is 176 g/mol. The van der Waals surface area contributed by atoms with Crippen LogP contribution in [0, 0.1) is 0 Å². The first-order valence-corrected chi connectivity index (χ1v) is 4.27. The number of carbonyl (C=O) groups excluding carboxylic acids is 1. The molecule has 1 aromatic heterocycles. The lowest BCUT2D eigenvalue weighted by molar-refractivity contribution is 0.111. The molecule has 0 aliphatic heterocycles. The summed E-state index contributed by atoms with van der Waals surface area (Å²) in [6.45, 7) is 2.78. The molecule has 0 saturated carbocycles. The number of hydrogen-bond donors (Lipinski definition) is 1. The lowest BCUT2D eigenvalue weighted by atomic mass is 10.6. The van der Waals surface area contributed by atoms with Crippen LogP contribution in [0.5, 0.6) is 0 Å². The van der Waals surface area contributed by atoms with Gasteiger partial charge >= 0.3 is 0 Å². The maximum absolute atomic E-state index is 9.91. The van der Waals surface area contributed by atoms with Crippen molar-refractivity contribution in [3.63, 3.8) is 0 Å². The molecule has 0 radical (unpaired) electrons. The van der Waals surface area contributed by atoms with E-state index in [1.54, 1.807) is 12.5 Å². The van der Waals surface area contributed by atoms with E-state index in [0.717, 1.165) is 6.61 Å². The number of ether oxygens (including phenoxy) is 1. The zero-order chi connectivity index (χ0) is 9.40.